The van der Waals surface area contributed by atoms with E-state index in [9.17, 15) is 5.11 Å². The first-order valence-corrected chi connectivity index (χ1v) is 11.6. The Labute approximate surface area is 190 Å². The van der Waals surface area contributed by atoms with E-state index < -0.39 is 6.10 Å². The van der Waals surface area contributed by atoms with Gasteiger partial charge in [-0.3, -0.25) is 0 Å². The zero-order chi connectivity index (χ0) is 22.3. The number of aromatic nitrogens is 2. The van der Waals surface area contributed by atoms with Crippen LogP contribution in [0.1, 0.15) is 62.1 Å². The number of aryl methyl sites for hydroxylation is 1. The number of unbranched alkanes of at least 4 members (excludes halogenated alkanes) is 1. The first-order chi connectivity index (χ1) is 15.7. The SMILES string of the molecule is CCC(C)c1ccc(OCCCCn2c(C(O)c3ccccc3)nc3ccccc32)cc1. The van der Waals surface area contributed by atoms with Crippen molar-refractivity contribution < 1.29 is 9.84 Å². The first kappa shape index (κ1) is 22.1. The van der Waals surface area contributed by atoms with Crippen LogP contribution in [0.2, 0.25) is 0 Å². The molecule has 0 saturated heterocycles. The van der Waals surface area contributed by atoms with Crippen molar-refractivity contribution in [3.63, 3.8) is 0 Å². The average molecular weight is 429 g/mol. The maximum absolute atomic E-state index is 11.0. The summed E-state index contributed by atoms with van der Waals surface area (Å²) in [6, 6.07) is 26.3. The summed E-state index contributed by atoms with van der Waals surface area (Å²) in [6.45, 7) is 5.92. The topological polar surface area (TPSA) is 47.3 Å². The van der Waals surface area contributed by atoms with Gasteiger partial charge in [0.2, 0.25) is 0 Å². The van der Waals surface area contributed by atoms with Crippen LogP contribution >= 0.6 is 0 Å². The summed E-state index contributed by atoms with van der Waals surface area (Å²) in [5.74, 6) is 2.19. The highest BCUT2D eigenvalue weighted by Gasteiger charge is 2.19. The van der Waals surface area contributed by atoms with Crippen molar-refractivity contribution in [2.75, 3.05) is 6.61 Å². The Morgan fingerprint density at radius 1 is 0.875 bits per heavy atom. The molecule has 3 aromatic carbocycles. The second kappa shape index (κ2) is 10.5. The van der Waals surface area contributed by atoms with Gasteiger partial charge in [0.25, 0.3) is 0 Å². The van der Waals surface area contributed by atoms with Gasteiger partial charge in [-0.2, -0.15) is 0 Å². The van der Waals surface area contributed by atoms with Gasteiger partial charge < -0.3 is 14.4 Å². The lowest BCUT2D eigenvalue weighted by molar-refractivity contribution is 0.204. The Morgan fingerprint density at radius 3 is 2.34 bits per heavy atom. The molecule has 1 aromatic heterocycles. The number of hydrogen-bond acceptors (Lipinski definition) is 3. The van der Waals surface area contributed by atoms with Crippen LogP contribution in [0.25, 0.3) is 11.0 Å². The third-order valence-corrected chi connectivity index (χ3v) is 6.15. The third-order valence-electron chi connectivity index (χ3n) is 6.15. The molecular weight excluding hydrogens is 396 g/mol. The minimum Gasteiger partial charge on any atom is -0.494 e. The van der Waals surface area contributed by atoms with Crippen LogP contribution < -0.4 is 4.74 Å². The smallest absolute Gasteiger partial charge is 0.143 e. The summed E-state index contributed by atoms with van der Waals surface area (Å²) in [4.78, 5) is 4.75. The fourth-order valence-electron chi connectivity index (χ4n) is 4.01. The molecule has 4 rings (SSSR count). The normalized spacial score (nSPS) is 13.2. The second-order valence-electron chi connectivity index (χ2n) is 8.36. The van der Waals surface area contributed by atoms with Gasteiger partial charge in [0.15, 0.2) is 0 Å². The molecule has 1 N–H and O–H groups in total. The number of imidazole rings is 1. The van der Waals surface area contributed by atoms with Crippen molar-refractivity contribution in [2.24, 2.45) is 0 Å². The van der Waals surface area contributed by atoms with Crippen LogP contribution in [0.3, 0.4) is 0 Å². The van der Waals surface area contributed by atoms with Gasteiger partial charge in [0.05, 0.1) is 17.6 Å². The molecule has 4 nitrogen and oxygen atoms in total. The molecule has 1 heterocycles. The zero-order valence-corrected chi connectivity index (χ0v) is 18.9. The monoisotopic (exact) mass is 428 g/mol. The second-order valence-corrected chi connectivity index (χ2v) is 8.36. The number of benzene rings is 3. The quantitative estimate of drug-likeness (QED) is 0.294. The number of nitrogens with zero attached hydrogens (tertiary/aromatic N) is 2. The first-order valence-electron chi connectivity index (χ1n) is 11.6. The van der Waals surface area contributed by atoms with E-state index in [2.05, 4.69) is 48.7 Å². The molecule has 2 atom stereocenters. The van der Waals surface area contributed by atoms with Gasteiger partial charge in [-0.25, -0.2) is 4.98 Å². The number of aliphatic hydroxyl groups excluding tert-OH is 1. The Bertz CT molecular complexity index is 1120. The number of hydrogen-bond donors (Lipinski definition) is 1. The highest BCUT2D eigenvalue weighted by molar-refractivity contribution is 5.76. The lowest BCUT2D eigenvalue weighted by Crippen LogP contribution is -2.11. The molecule has 0 bridgehead atoms. The van der Waals surface area contributed by atoms with Gasteiger partial charge in [-0.1, -0.05) is 68.4 Å². The Balaban J connectivity index is 1.39. The van der Waals surface area contributed by atoms with E-state index in [-0.39, 0.29) is 0 Å². The third kappa shape index (κ3) is 5.03. The van der Waals surface area contributed by atoms with Crippen molar-refractivity contribution in [3.8, 4) is 5.75 Å². The van der Waals surface area contributed by atoms with Crippen LogP contribution in [0.4, 0.5) is 0 Å². The van der Waals surface area contributed by atoms with Gasteiger partial charge >= 0.3 is 0 Å². The molecule has 0 aliphatic rings. The van der Waals surface area contributed by atoms with E-state index in [0.717, 1.165) is 48.2 Å². The molecule has 2 unspecified atom stereocenters. The number of ether oxygens (including phenoxy) is 1. The zero-order valence-electron chi connectivity index (χ0n) is 18.9. The fraction of sp³-hybridized carbons (Fsp3) is 0.321. The predicted molar refractivity (Wildman–Crippen MR) is 130 cm³/mol. The van der Waals surface area contributed by atoms with Crippen LogP contribution in [0.5, 0.6) is 5.75 Å². The van der Waals surface area contributed by atoms with Crippen LogP contribution in [0, 0.1) is 0 Å². The lowest BCUT2D eigenvalue weighted by Gasteiger charge is -2.15. The Morgan fingerprint density at radius 2 is 1.59 bits per heavy atom. The summed E-state index contributed by atoms with van der Waals surface area (Å²) in [5.41, 5.74) is 4.18. The largest absolute Gasteiger partial charge is 0.494 e. The van der Waals surface area contributed by atoms with E-state index in [1.807, 2.05) is 48.5 Å². The standard InChI is InChI=1S/C28H32N2O2/c1-3-21(2)22-15-17-24(18-16-22)32-20-10-9-19-30-26-14-8-7-13-25(26)29-28(30)27(31)23-11-5-4-6-12-23/h4-8,11-18,21,27,31H,3,9-10,19-20H2,1-2H3. The van der Waals surface area contributed by atoms with E-state index in [1.54, 1.807) is 0 Å². The number of para-hydroxylation sites is 2. The molecule has 0 saturated carbocycles. The van der Waals surface area contributed by atoms with E-state index >= 15 is 0 Å². The average Bonchev–Trinajstić information content (AvgIpc) is 3.22. The molecular formula is C28H32N2O2. The highest BCUT2D eigenvalue weighted by atomic mass is 16.5. The van der Waals surface area contributed by atoms with Crippen molar-refractivity contribution >= 4 is 11.0 Å². The van der Waals surface area contributed by atoms with E-state index in [0.29, 0.717) is 18.3 Å². The van der Waals surface area contributed by atoms with Crippen molar-refractivity contribution in [2.45, 2.75) is 51.7 Å². The van der Waals surface area contributed by atoms with Crippen LogP contribution in [-0.2, 0) is 6.54 Å². The highest BCUT2D eigenvalue weighted by Crippen LogP contribution is 2.26. The van der Waals surface area contributed by atoms with E-state index in [4.69, 9.17) is 9.72 Å². The maximum atomic E-state index is 11.0. The maximum Gasteiger partial charge on any atom is 0.143 e. The molecule has 0 fully saturated rings. The minimum atomic E-state index is -0.746. The summed E-state index contributed by atoms with van der Waals surface area (Å²) < 4.78 is 8.10. The molecule has 0 radical (unpaired) electrons. The molecule has 0 spiro atoms. The minimum absolute atomic E-state index is 0.578. The van der Waals surface area contributed by atoms with Gasteiger partial charge in [-0.15, -0.1) is 0 Å². The predicted octanol–water partition coefficient (Wildman–Crippen LogP) is 6.49. The number of rotatable bonds is 10. The summed E-state index contributed by atoms with van der Waals surface area (Å²) in [5, 5.41) is 11.0. The van der Waals surface area contributed by atoms with Gasteiger partial charge in [-0.05, 0) is 60.6 Å². The molecule has 0 aliphatic carbocycles. The number of aliphatic hydroxyl groups is 1. The number of fused-ring (bicyclic) bond motifs is 1. The summed E-state index contributed by atoms with van der Waals surface area (Å²) in [7, 11) is 0. The Hall–Kier alpha value is -3.11. The molecule has 32 heavy (non-hydrogen) atoms. The van der Waals surface area contributed by atoms with Crippen molar-refractivity contribution in [1.29, 1.82) is 0 Å². The Kier molecular flexibility index (Phi) is 7.23. The van der Waals surface area contributed by atoms with Crippen LogP contribution in [0.15, 0.2) is 78.9 Å². The molecule has 166 valence electrons. The molecule has 0 aliphatic heterocycles. The fourth-order valence-corrected chi connectivity index (χ4v) is 4.01. The molecule has 0 amide bonds. The van der Waals surface area contributed by atoms with Crippen molar-refractivity contribution in [1.82, 2.24) is 9.55 Å². The molecule has 4 aromatic rings. The van der Waals surface area contributed by atoms with Crippen LogP contribution in [-0.4, -0.2) is 21.3 Å². The lowest BCUT2D eigenvalue weighted by atomic mass is 9.99. The van der Waals surface area contributed by atoms with Gasteiger partial charge in [0, 0.05) is 6.54 Å². The summed E-state index contributed by atoms with van der Waals surface area (Å²) in [6.07, 6.45) is 2.27. The summed E-state index contributed by atoms with van der Waals surface area (Å²) >= 11 is 0. The van der Waals surface area contributed by atoms with E-state index in [1.165, 1.54) is 5.56 Å². The van der Waals surface area contributed by atoms with Crippen molar-refractivity contribution in [3.05, 3.63) is 95.8 Å². The van der Waals surface area contributed by atoms with Gasteiger partial charge in [0.1, 0.15) is 17.7 Å². The molecule has 4 heteroatoms.